The molecule has 2 rings (SSSR count). The van der Waals surface area contributed by atoms with Gasteiger partial charge in [-0.15, -0.1) is 0 Å². The highest BCUT2D eigenvalue weighted by molar-refractivity contribution is 5.97. The molecule has 0 amide bonds. The molecule has 2 heterocycles. The number of fused-ring (bicyclic) bond motifs is 1. The molecule has 0 fully saturated rings. The van der Waals surface area contributed by atoms with Crippen LogP contribution in [0.4, 0.5) is 0 Å². The number of rotatable bonds is 10. The standard InChI is InChI=1S/C14H18N2O2.C10H18N2O2/c1-9(11(3)18-4)16-10(2)13(8-17)12-6-5-7-15-14(12)16;1-8(12-3)5-10(14-4)9(7-13)6-11-2/h5-9,11H,1-4H3;5,7,11-12H,6H2,1-4H3/b;8-5-,10-9+. The third kappa shape index (κ3) is 6.51. The van der Waals surface area contributed by atoms with Gasteiger partial charge in [0, 0.05) is 54.8 Å². The van der Waals surface area contributed by atoms with Crippen LogP contribution in [0, 0.1) is 6.92 Å². The van der Waals surface area contributed by atoms with Crippen molar-refractivity contribution < 1.29 is 19.1 Å². The number of aldehydes is 2. The number of nitrogens with one attached hydrogen (secondary N) is 2. The van der Waals surface area contributed by atoms with Crippen molar-refractivity contribution in [2.24, 2.45) is 0 Å². The van der Waals surface area contributed by atoms with E-state index in [1.807, 2.05) is 40.0 Å². The fourth-order valence-electron chi connectivity index (χ4n) is 3.27. The summed E-state index contributed by atoms with van der Waals surface area (Å²) in [7, 11) is 6.84. The van der Waals surface area contributed by atoms with Gasteiger partial charge >= 0.3 is 0 Å². The molecule has 176 valence electrons. The Kier molecular flexibility index (Phi) is 11.4. The predicted molar refractivity (Wildman–Crippen MR) is 128 cm³/mol. The van der Waals surface area contributed by atoms with Crippen molar-refractivity contribution in [2.75, 3.05) is 34.9 Å². The highest BCUT2D eigenvalue weighted by Gasteiger charge is 2.21. The van der Waals surface area contributed by atoms with Crippen molar-refractivity contribution in [1.82, 2.24) is 20.2 Å². The summed E-state index contributed by atoms with van der Waals surface area (Å²) < 4.78 is 12.6. The number of carbonyl (C=O) groups is 2. The maximum Gasteiger partial charge on any atom is 0.152 e. The van der Waals surface area contributed by atoms with E-state index in [-0.39, 0.29) is 12.1 Å². The zero-order chi connectivity index (χ0) is 24.3. The maximum atomic E-state index is 11.2. The van der Waals surface area contributed by atoms with E-state index in [1.54, 1.807) is 33.5 Å². The fraction of sp³-hybridized carbons (Fsp3) is 0.458. The minimum absolute atomic E-state index is 0.0563. The molecule has 2 atom stereocenters. The maximum absolute atomic E-state index is 11.2. The van der Waals surface area contributed by atoms with Crippen LogP contribution in [0.2, 0.25) is 0 Å². The Hall–Kier alpha value is -2.97. The van der Waals surface area contributed by atoms with Gasteiger partial charge in [-0.05, 0) is 53.0 Å². The van der Waals surface area contributed by atoms with E-state index in [0.29, 0.717) is 23.4 Å². The SMILES string of the molecule is CNC/C(C=O)=C(/C=C(/C)NC)OC.COC(C)C(C)n1c(C)c(C=O)c2cccnc21. The van der Waals surface area contributed by atoms with E-state index in [1.165, 1.54) is 0 Å². The molecule has 0 spiro atoms. The van der Waals surface area contributed by atoms with Gasteiger partial charge < -0.3 is 24.7 Å². The molecular formula is C24H36N4O4. The zero-order valence-electron chi connectivity index (χ0n) is 20.4. The molecule has 2 aromatic heterocycles. The predicted octanol–water partition coefficient (Wildman–Crippen LogP) is 3.18. The average molecular weight is 445 g/mol. The lowest BCUT2D eigenvalue weighted by Gasteiger charge is -2.22. The molecule has 32 heavy (non-hydrogen) atoms. The van der Waals surface area contributed by atoms with E-state index in [4.69, 9.17) is 9.47 Å². The summed E-state index contributed by atoms with van der Waals surface area (Å²) >= 11 is 0. The van der Waals surface area contributed by atoms with Gasteiger partial charge in [0.25, 0.3) is 0 Å². The van der Waals surface area contributed by atoms with Crippen LogP contribution in [0.25, 0.3) is 11.0 Å². The van der Waals surface area contributed by atoms with Crippen molar-refractivity contribution in [3.63, 3.8) is 0 Å². The third-order valence-corrected chi connectivity index (χ3v) is 5.42. The van der Waals surface area contributed by atoms with E-state index < -0.39 is 0 Å². The van der Waals surface area contributed by atoms with Gasteiger partial charge in [0.05, 0.1) is 19.3 Å². The van der Waals surface area contributed by atoms with Crippen LogP contribution in [0.5, 0.6) is 0 Å². The van der Waals surface area contributed by atoms with Crippen molar-refractivity contribution in [3.8, 4) is 0 Å². The van der Waals surface area contributed by atoms with Crippen molar-refractivity contribution >= 4 is 23.6 Å². The first-order valence-electron chi connectivity index (χ1n) is 10.5. The molecule has 2 aromatic rings. The number of likely N-dealkylation sites (N-methyl/N-ethyl adjacent to an activating group) is 1. The van der Waals surface area contributed by atoms with E-state index in [9.17, 15) is 9.59 Å². The number of allylic oxidation sites excluding steroid dienone is 2. The van der Waals surface area contributed by atoms with Crippen molar-refractivity contribution in [1.29, 1.82) is 0 Å². The van der Waals surface area contributed by atoms with Crippen LogP contribution in [-0.4, -0.2) is 63.1 Å². The van der Waals surface area contributed by atoms with Crippen LogP contribution in [0.15, 0.2) is 41.4 Å². The van der Waals surface area contributed by atoms with Crippen LogP contribution < -0.4 is 10.6 Å². The van der Waals surface area contributed by atoms with Crippen LogP contribution in [-0.2, 0) is 14.3 Å². The van der Waals surface area contributed by atoms with Gasteiger partial charge in [-0.2, -0.15) is 0 Å². The van der Waals surface area contributed by atoms with Gasteiger partial charge in [-0.1, -0.05) is 0 Å². The molecule has 0 aliphatic rings. The molecule has 0 aliphatic heterocycles. The lowest BCUT2D eigenvalue weighted by molar-refractivity contribution is -0.105. The van der Waals surface area contributed by atoms with Crippen LogP contribution in [0.3, 0.4) is 0 Å². The minimum Gasteiger partial charge on any atom is -0.496 e. The molecule has 0 bridgehead atoms. The number of carbonyl (C=O) groups excluding carboxylic acids is 2. The smallest absolute Gasteiger partial charge is 0.152 e. The number of pyridine rings is 1. The summed E-state index contributed by atoms with van der Waals surface area (Å²) in [4.78, 5) is 26.4. The Morgan fingerprint density at radius 2 is 1.94 bits per heavy atom. The van der Waals surface area contributed by atoms with Gasteiger partial charge in [0.2, 0.25) is 0 Å². The molecule has 2 unspecified atom stereocenters. The molecule has 0 aromatic carbocycles. The van der Waals surface area contributed by atoms with Crippen LogP contribution in [0.1, 0.15) is 42.9 Å². The van der Waals surface area contributed by atoms with Gasteiger partial charge in [-0.25, -0.2) is 4.98 Å². The normalized spacial score (nSPS) is 14.1. The van der Waals surface area contributed by atoms with E-state index in [2.05, 4.69) is 27.1 Å². The highest BCUT2D eigenvalue weighted by Crippen LogP contribution is 2.28. The molecule has 0 saturated carbocycles. The number of hydrogen-bond acceptors (Lipinski definition) is 7. The van der Waals surface area contributed by atoms with Gasteiger partial charge in [0.15, 0.2) is 12.6 Å². The van der Waals surface area contributed by atoms with Crippen molar-refractivity contribution in [2.45, 2.75) is 39.8 Å². The summed E-state index contributed by atoms with van der Waals surface area (Å²) in [6.45, 7) is 8.44. The first-order chi connectivity index (χ1) is 15.3. The summed E-state index contributed by atoms with van der Waals surface area (Å²) in [5, 5.41) is 6.77. The summed E-state index contributed by atoms with van der Waals surface area (Å²) in [6, 6.07) is 3.91. The first-order valence-corrected chi connectivity index (χ1v) is 10.5. The Bertz CT molecular complexity index is 962. The minimum atomic E-state index is 0.0563. The van der Waals surface area contributed by atoms with E-state index >= 15 is 0 Å². The lowest BCUT2D eigenvalue weighted by Crippen LogP contribution is -2.21. The lowest BCUT2D eigenvalue weighted by atomic mass is 10.2. The van der Waals surface area contributed by atoms with Crippen LogP contribution >= 0.6 is 0 Å². The number of ether oxygens (including phenoxy) is 2. The molecule has 2 N–H and O–H groups in total. The number of hydrogen-bond donors (Lipinski definition) is 2. The van der Waals surface area contributed by atoms with Crippen molar-refractivity contribution in [3.05, 3.63) is 52.7 Å². The quantitative estimate of drug-likeness (QED) is 0.252. The number of methoxy groups -OCH3 is 2. The second-order valence-electron chi connectivity index (χ2n) is 7.36. The Morgan fingerprint density at radius 1 is 1.25 bits per heavy atom. The Labute approximate surface area is 190 Å². The Balaban J connectivity index is 0.000000333. The first kappa shape index (κ1) is 27.1. The second-order valence-corrected chi connectivity index (χ2v) is 7.36. The fourth-order valence-corrected chi connectivity index (χ4v) is 3.27. The molecule has 8 heteroatoms. The molecule has 0 radical (unpaired) electrons. The zero-order valence-corrected chi connectivity index (χ0v) is 20.4. The van der Waals surface area contributed by atoms with Gasteiger partial charge in [0.1, 0.15) is 11.4 Å². The number of nitrogens with zero attached hydrogens (tertiary/aromatic N) is 2. The molecule has 0 aliphatic carbocycles. The van der Waals surface area contributed by atoms with Gasteiger partial charge in [-0.3, -0.25) is 9.59 Å². The monoisotopic (exact) mass is 444 g/mol. The molecule has 0 saturated heterocycles. The Morgan fingerprint density at radius 3 is 2.44 bits per heavy atom. The summed E-state index contributed by atoms with van der Waals surface area (Å²) in [6.07, 6.45) is 5.30. The highest BCUT2D eigenvalue weighted by atomic mass is 16.5. The average Bonchev–Trinajstić information content (AvgIpc) is 3.11. The largest absolute Gasteiger partial charge is 0.496 e. The number of aromatic nitrogens is 2. The second kappa shape index (κ2) is 13.4. The third-order valence-electron chi connectivity index (χ3n) is 5.42. The summed E-state index contributed by atoms with van der Waals surface area (Å²) in [5.41, 5.74) is 4.04. The van der Waals surface area contributed by atoms with E-state index in [0.717, 1.165) is 35.0 Å². The summed E-state index contributed by atoms with van der Waals surface area (Å²) in [5.74, 6) is 0.584. The molecule has 8 nitrogen and oxygen atoms in total. The molecular weight excluding hydrogens is 408 g/mol. The topological polar surface area (TPSA) is 94.5 Å².